The zero-order chi connectivity index (χ0) is 16.6. The van der Waals surface area contributed by atoms with Gasteiger partial charge < -0.3 is 10.1 Å². The third-order valence-corrected chi connectivity index (χ3v) is 5.47. The minimum Gasteiger partial charge on any atom is -0.491 e. The van der Waals surface area contributed by atoms with Crippen molar-refractivity contribution in [1.82, 2.24) is 18.9 Å². The smallest absolute Gasteiger partial charge is 0.243 e. The van der Waals surface area contributed by atoms with E-state index in [-0.39, 0.29) is 6.04 Å². The van der Waals surface area contributed by atoms with Gasteiger partial charge in [-0.05, 0) is 18.9 Å². The Kier molecular flexibility index (Phi) is 4.35. The van der Waals surface area contributed by atoms with Crippen LogP contribution in [0.25, 0.3) is 5.65 Å². The van der Waals surface area contributed by atoms with Crippen molar-refractivity contribution in [3.05, 3.63) is 17.3 Å². The molecule has 2 aromatic heterocycles. The highest BCUT2D eigenvalue weighted by molar-refractivity contribution is 7.88. The van der Waals surface area contributed by atoms with Crippen LogP contribution in [0.3, 0.4) is 0 Å². The number of fused-ring (bicyclic) bond motifs is 1. The standard InChI is InChI=1S/C13H18ClN5O3S/c1-22-11-10(14)5-8-19-12(11)16-13(17-19)15-9-3-6-18(7-4-9)23(2,20)21/h5,8-9H,3-4,6-7H2,1-2H3,(H,15,17). The van der Waals surface area contributed by atoms with E-state index in [9.17, 15) is 8.42 Å². The van der Waals surface area contributed by atoms with Gasteiger partial charge >= 0.3 is 0 Å². The Bertz CT molecular complexity index is 814. The third kappa shape index (κ3) is 3.36. The van der Waals surface area contributed by atoms with Gasteiger partial charge in [0.2, 0.25) is 21.6 Å². The van der Waals surface area contributed by atoms with Gasteiger partial charge in [-0.25, -0.2) is 17.2 Å². The number of halogens is 1. The Morgan fingerprint density at radius 1 is 1.39 bits per heavy atom. The summed E-state index contributed by atoms with van der Waals surface area (Å²) >= 11 is 6.07. The van der Waals surface area contributed by atoms with Crippen LogP contribution in [0.1, 0.15) is 12.8 Å². The number of methoxy groups -OCH3 is 1. The van der Waals surface area contributed by atoms with Gasteiger partial charge in [0, 0.05) is 25.3 Å². The molecule has 0 aromatic carbocycles. The summed E-state index contributed by atoms with van der Waals surface area (Å²) < 4.78 is 31.4. The lowest BCUT2D eigenvalue weighted by atomic mass is 10.1. The van der Waals surface area contributed by atoms with E-state index in [0.29, 0.717) is 48.3 Å². The summed E-state index contributed by atoms with van der Waals surface area (Å²) in [5, 5.41) is 8.07. The summed E-state index contributed by atoms with van der Waals surface area (Å²) in [5.74, 6) is 0.949. The first-order valence-corrected chi connectivity index (χ1v) is 9.41. The van der Waals surface area contributed by atoms with Crippen molar-refractivity contribution >= 4 is 33.2 Å². The van der Waals surface area contributed by atoms with Crippen LogP contribution >= 0.6 is 11.6 Å². The molecule has 3 heterocycles. The lowest BCUT2D eigenvalue weighted by molar-refractivity contribution is 0.331. The highest BCUT2D eigenvalue weighted by Gasteiger charge is 2.25. The fourth-order valence-corrected chi connectivity index (χ4v) is 3.76. The van der Waals surface area contributed by atoms with Crippen molar-refractivity contribution in [1.29, 1.82) is 0 Å². The van der Waals surface area contributed by atoms with Gasteiger partial charge in [0.25, 0.3) is 0 Å². The van der Waals surface area contributed by atoms with E-state index in [1.54, 1.807) is 16.8 Å². The first-order valence-electron chi connectivity index (χ1n) is 7.19. The Labute approximate surface area is 139 Å². The van der Waals surface area contributed by atoms with Crippen LogP contribution in [0.15, 0.2) is 12.3 Å². The van der Waals surface area contributed by atoms with Gasteiger partial charge in [0.15, 0.2) is 5.75 Å². The summed E-state index contributed by atoms with van der Waals surface area (Å²) in [6, 6.07) is 1.82. The van der Waals surface area contributed by atoms with Crippen molar-refractivity contribution in [2.75, 3.05) is 31.8 Å². The van der Waals surface area contributed by atoms with Gasteiger partial charge in [0.1, 0.15) is 0 Å². The molecular formula is C13H18ClN5O3S. The lowest BCUT2D eigenvalue weighted by Crippen LogP contribution is -2.41. The number of nitrogens with one attached hydrogen (secondary N) is 1. The maximum Gasteiger partial charge on any atom is 0.243 e. The first kappa shape index (κ1) is 16.3. The lowest BCUT2D eigenvalue weighted by Gasteiger charge is -2.30. The molecule has 126 valence electrons. The molecule has 1 aliphatic rings. The minimum absolute atomic E-state index is 0.131. The van der Waals surface area contributed by atoms with E-state index in [4.69, 9.17) is 16.3 Å². The SMILES string of the molecule is COc1c(Cl)ccn2nc(NC3CCN(S(C)(=O)=O)CC3)nc12. The highest BCUT2D eigenvalue weighted by Crippen LogP contribution is 2.28. The van der Waals surface area contributed by atoms with Crippen molar-refractivity contribution in [3.8, 4) is 5.75 Å². The van der Waals surface area contributed by atoms with Crippen molar-refractivity contribution < 1.29 is 13.2 Å². The molecule has 0 amide bonds. The second-order valence-electron chi connectivity index (χ2n) is 5.48. The summed E-state index contributed by atoms with van der Waals surface area (Å²) in [7, 11) is -1.59. The minimum atomic E-state index is -3.12. The molecule has 0 saturated carbocycles. The average Bonchev–Trinajstić information content (AvgIpc) is 2.89. The monoisotopic (exact) mass is 359 g/mol. The Morgan fingerprint density at radius 2 is 2.09 bits per heavy atom. The van der Waals surface area contributed by atoms with Crippen LogP contribution in [0.2, 0.25) is 5.02 Å². The zero-order valence-corrected chi connectivity index (χ0v) is 14.4. The molecule has 2 aromatic rings. The molecule has 8 nitrogen and oxygen atoms in total. The van der Waals surface area contributed by atoms with Gasteiger partial charge in [-0.15, -0.1) is 5.10 Å². The fraction of sp³-hybridized carbons (Fsp3) is 0.538. The Hall–Kier alpha value is -1.58. The Balaban J connectivity index is 1.73. The number of sulfonamides is 1. The molecule has 1 N–H and O–H groups in total. The summed E-state index contributed by atoms with van der Waals surface area (Å²) in [6.45, 7) is 0.998. The molecule has 0 atom stereocenters. The number of hydrogen-bond donors (Lipinski definition) is 1. The maximum atomic E-state index is 11.5. The van der Waals surface area contributed by atoms with Crippen molar-refractivity contribution in [3.63, 3.8) is 0 Å². The number of aromatic nitrogens is 3. The summed E-state index contributed by atoms with van der Waals surface area (Å²) in [6.07, 6.45) is 4.37. The van der Waals surface area contributed by atoms with E-state index >= 15 is 0 Å². The van der Waals surface area contributed by atoms with Crippen LogP contribution in [-0.2, 0) is 10.0 Å². The summed E-state index contributed by atoms with van der Waals surface area (Å²) in [4.78, 5) is 4.41. The van der Waals surface area contributed by atoms with Crippen molar-refractivity contribution in [2.24, 2.45) is 0 Å². The predicted molar refractivity (Wildman–Crippen MR) is 87.6 cm³/mol. The van der Waals surface area contributed by atoms with Gasteiger partial charge in [0.05, 0.1) is 18.4 Å². The van der Waals surface area contributed by atoms with E-state index in [0.717, 1.165) is 0 Å². The number of pyridine rings is 1. The van der Waals surface area contributed by atoms with Crippen LogP contribution < -0.4 is 10.1 Å². The normalized spacial score (nSPS) is 17.5. The first-order chi connectivity index (χ1) is 10.9. The number of piperidine rings is 1. The van der Waals surface area contributed by atoms with E-state index in [2.05, 4.69) is 15.4 Å². The molecule has 0 radical (unpaired) electrons. The molecule has 23 heavy (non-hydrogen) atoms. The van der Waals surface area contributed by atoms with Crippen molar-refractivity contribution in [2.45, 2.75) is 18.9 Å². The molecular weight excluding hydrogens is 342 g/mol. The van der Waals surface area contributed by atoms with Crippen LogP contribution in [0.4, 0.5) is 5.95 Å². The Morgan fingerprint density at radius 3 is 2.70 bits per heavy atom. The fourth-order valence-electron chi connectivity index (χ4n) is 2.66. The number of hydrogen-bond acceptors (Lipinski definition) is 6. The average molecular weight is 360 g/mol. The molecule has 0 unspecified atom stereocenters. The molecule has 0 bridgehead atoms. The number of nitrogens with zero attached hydrogens (tertiary/aromatic N) is 4. The maximum absolute atomic E-state index is 11.5. The molecule has 0 spiro atoms. The van der Waals surface area contributed by atoms with E-state index < -0.39 is 10.0 Å². The highest BCUT2D eigenvalue weighted by atomic mass is 35.5. The predicted octanol–water partition coefficient (Wildman–Crippen LogP) is 1.23. The van der Waals surface area contributed by atoms with Crippen LogP contribution in [-0.4, -0.2) is 59.8 Å². The molecule has 3 rings (SSSR count). The second-order valence-corrected chi connectivity index (χ2v) is 7.87. The summed E-state index contributed by atoms with van der Waals surface area (Å²) in [5.41, 5.74) is 0.538. The third-order valence-electron chi connectivity index (χ3n) is 3.87. The molecule has 1 aliphatic heterocycles. The zero-order valence-electron chi connectivity index (χ0n) is 12.9. The topological polar surface area (TPSA) is 88.8 Å². The van der Waals surface area contributed by atoms with Gasteiger partial charge in [-0.2, -0.15) is 4.98 Å². The molecule has 1 saturated heterocycles. The van der Waals surface area contributed by atoms with Crippen LogP contribution in [0.5, 0.6) is 5.75 Å². The number of anilines is 1. The molecule has 10 heteroatoms. The van der Waals surface area contributed by atoms with Crippen LogP contribution in [0, 0.1) is 0 Å². The number of rotatable bonds is 4. The number of ether oxygens (including phenoxy) is 1. The molecule has 1 fully saturated rings. The largest absolute Gasteiger partial charge is 0.491 e. The van der Waals surface area contributed by atoms with Gasteiger partial charge in [-0.1, -0.05) is 11.6 Å². The second kappa shape index (κ2) is 6.14. The van der Waals surface area contributed by atoms with Gasteiger partial charge in [-0.3, -0.25) is 0 Å². The molecule has 0 aliphatic carbocycles. The quantitative estimate of drug-likeness (QED) is 0.883. The van der Waals surface area contributed by atoms with E-state index in [1.807, 2.05) is 0 Å². The van der Waals surface area contributed by atoms with E-state index in [1.165, 1.54) is 17.7 Å².